The number of benzene rings is 1. The number of urea groups is 1. The third-order valence-electron chi connectivity index (χ3n) is 2.41. The van der Waals surface area contributed by atoms with Crippen molar-refractivity contribution >= 4 is 27.9 Å². The van der Waals surface area contributed by atoms with Crippen molar-refractivity contribution in [2.45, 2.75) is 25.9 Å². The van der Waals surface area contributed by atoms with Gasteiger partial charge < -0.3 is 15.7 Å². The Bertz CT molecular complexity index is 506. The molecule has 0 spiro atoms. The average Bonchev–Trinajstić information content (AvgIpc) is 2.29. The van der Waals surface area contributed by atoms with Crippen LogP contribution >= 0.6 is 15.9 Å². The molecule has 0 bridgehead atoms. The maximum absolute atomic E-state index is 13.0. The molecule has 0 heterocycles. The largest absolute Gasteiger partial charge is 0.480 e. The lowest BCUT2D eigenvalue weighted by Crippen LogP contribution is -2.53. The number of amides is 2. The van der Waals surface area contributed by atoms with Crippen LogP contribution in [0.4, 0.5) is 9.18 Å². The van der Waals surface area contributed by atoms with Crippen LogP contribution in [0.5, 0.6) is 0 Å². The van der Waals surface area contributed by atoms with Gasteiger partial charge in [0.15, 0.2) is 0 Å². The van der Waals surface area contributed by atoms with E-state index in [1.807, 2.05) is 0 Å². The molecule has 0 radical (unpaired) electrons. The summed E-state index contributed by atoms with van der Waals surface area (Å²) in [6, 6.07) is 3.47. The van der Waals surface area contributed by atoms with E-state index in [1.165, 1.54) is 32.0 Å². The van der Waals surface area contributed by atoms with Crippen LogP contribution in [0.15, 0.2) is 22.7 Å². The molecule has 0 aliphatic heterocycles. The highest BCUT2D eigenvalue weighted by Gasteiger charge is 2.28. The van der Waals surface area contributed by atoms with Crippen LogP contribution < -0.4 is 10.6 Å². The summed E-state index contributed by atoms with van der Waals surface area (Å²) in [6.45, 7) is 2.82. The lowest BCUT2D eigenvalue weighted by atomic mass is 10.1. The first-order valence-corrected chi connectivity index (χ1v) is 6.25. The van der Waals surface area contributed by atoms with Crippen molar-refractivity contribution in [2.75, 3.05) is 0 Å². The van der Waals surface area contributed by atoms with E-state index in [2.05, 4.69) is 26.6 Å². The summed E-state index contributed by atoms with van der Waals surface area (Å²) < 4.78 is 13.7. The van der Waals surface area contributed by atoms with Gasteiger partial charge in [-0.25, -0.2) is 14.0 Å². The molecule has 104 valence electrons. The summed E-state index contributed by atoms with van der Waals surface area (Å²) in [4.78, 5) is 22.4. The number of halogens is 2. The lowest BCUT2D eigenvalue weighted by Gasteiger charge is -2.21. The molecule has 19 heavy (non-hydrogen) atoms. The predicted octanol–water partition coefficient (Wildman–Crippen LogP) is 2.25. The van der Waals surface area contributed by atoms with Crippen LogP contribution in [-0.2, 0) is 11.3 Å². The van der Waals surface area contributed by atoms with Crippen LogP contribution in [0.1, 0.15) is 19.4 Å². The van der Waals surface area contributed by atoms with Gasteiger partial charge in [0.05, 0.1) is 0 Å². The molecule has 7 heteroatoms. The Morgan fingerprint density at radius 1 is 1.42 bits per heavy atom. The Balaban J connectivity index is 2.60. The fourth-order valence-electron chi connectivity index (χ4n) is 1.24. The fourth-order valence-corrected chi connectivity index (χ4v) is 1.62. The fraction of sp³-hybridized carbons (Fsp3) is 0.333. The van der Waals surface area contributed by atoms with Crippen LogP contribution in [0.2, 0.25) is 0 Å². The molecular formula is C12H14BrFN2O3. The van der Waals surface area contributed by atoms with E-state index in [9.17, 15) is 14.0 Å². The molecule has 1 rings (SSSR count). The molecule has 0 aromatic heterocycles. The Morgan fingerprint density at radius 3 is 2.63 bits per heavy atom. The van der Waals surface area contributed by atoms with E-state index >= 15 is 0 Å². The lowest BCUT2D eigenvalue weighted by molar-refractivity contribution is -0.142. The van der Waals surface area contributed by atoms with Gasteiger partial charge in [-0.05, 0) is 37.6 Å². The van der Waals surface area contributed by atoms with Gasteiger partial charge in [0.25, 0.3) is 0 Å². The number of hydrogen-bond acceptors (Lipinski definition) is 2. The second-order valence-electron chi connectivity index (χ2n) is 4.47. The van der Waals surface area contributed by atoms with E-state index in [0.717, 1.165) is 0 Å². The summed E-state index contributed by atoms with van der Waals surface area (Å²) in [5.74, 6) is -1.55. The summed E-state index contributed by atoms with van der Waals surface area (Å²) >= 11 is 3.23. The Kier molecular flexibility index (Phi) is 4.88. The van der Waals surface area contributed by atoms with E-state index in [1.54, 1.807) is 0 Å². The minimum absolute atomic E-state index is 0.0832. The van der Waals surface area contributed by atoms with Crippen molar-refractivity contribution in [3.63, 3.8) is 0 Å². The molecule has 0 atom stereocenters. The van der Waals surface area contributed by atoms with Gasteiger partial charge in [-0.3, -0.25) is 0 Å². The first kappa shape index (κ1) is 15.4. The highest BCUT2D eigenvalue weighted by atomic mass is 79.9. The van der Waals surface area contributed by atoms with Gasteiger partial charge in [-0.15, -0.1) is 0 Å². The molecule has 0 aliphatic rings. The molecule has 5 nitrogen and oxygen atoms in total. The van der Waals surface area contributed by atoms with Gasteiger partial charge in [0, 0.05) is 11.0 Å². The van der Waals surface area contributed by atoms with Crippen LogP contribution in [0.25, 0.3) is 0 Å². The van der Waals surface area contributed by atoms with E-state index in [0.29, 0.717) is 10.0 Å². The van der Waals surface area contributed by atoms with E-state index in [4.69, 9.17) is 5.11 Å². The number of rotatable bonds is 4. The zero-order valence-electron chi connectivity index (χ0n) is 10.5. The number of carbonyl (C=O) groups excluding carboxylic acids is 1. The molecule has 1 aromatic rings. The summed E-state index contributed by atoms with van der Waals surface area (Å²) in [5.41, 5.74) is -0.813. The second kappa shape index (κ2) is 6.01. The number of hydrogen-bond donors (Lipinski definition) is 3. The van der Waals surface area contributed by atoms with Gasteiger partial charge >= 0.3 is 12.0 Å². The molecule has 3 N–H and O–H groups in total. The molecule has 0 aliphatic carbocycles. The van der Waals surface area contributed by atoms with Gasteiger partial charge in [-0.1, -0.05) is 15.9 Å². The minimum atomic E-state index is -1.37. The first-order valence-electron chi connectivity index (χ1n) is 5.45. The average molecular weight is 333 g/mol. The van der Waals surface area contributed by atoms with Crippen molar-refractivity contribution in [1.82, 2.24) is 10.6 Å². The summed E-state index contributed by atoms with van der Waals surface area (Å²) in [5, 5.41) is 13.6. The summed E-state index contributed by atoms with van der Waals surface area (Å²) in [6.07, 6.45) is 0. The van der Waals surface area contributed by atoms with E-state index < -0.39 is 23.4 Å². The topological polar surface area (TPSA) is 78.4 Å². The Hall–Kier alpha value is -1.63. The predicted molar refractivity (Wildman–Crippen MR) is 71.2 cm³/mol. The molecule has 1 aromatic carbocycles. The Morgan fingerprint density at radius 2 is 2.05 bits per heavy atom. The SMILES string of the molecule is CC(C)(NC(=O)NCc1cc(F)ccc1Br)C(=O)O. The Labute approximate surface area is 118 Å². The second-order valence-corrected chi connectivity index (χ2v) is 5.33. The molecular weight excluding hydrogens is 319 g/mol. The maximum atomic E-state index is 13.0. The highest BCUT2D eigenvalue weighted by molar-refractivity contribution is 9.10. The van der Waals surface area contributed by atoms with Crippen LogP contribution in [-0.4, -0.2) is 22.6 Å². The van der Waals surface area contributed by atoms with Gasteiger partial charge in [0.1, 0.15) is 11.4 Å². The zero-order chi connectivity index (χ0) is 14.6. The standard InChI is InChI=1S/C12H14BrFN2O3/c1-12(2,10(17)18)16-11(19)15-6-7-5-8(14)3-4-9(7)13/h3-5H,6H2,1-2H3,(H,17,18)(H2,15,16,19). The van der Waals surface area contributed by atoms with E-state index in [-0.39, 0.29) is 6.54 Å². The highest BCUT2D eigenvalue weighted by Crippen LogP contribution is 2.17. The maximum Gasteiger partial charge on any atom is 0.328 e. The van der Waals surface area contributed by atoms with Crippen LogP contribution in [0, 0.1) is 5.82 Å². The molecule has 0 unspecified atom stereocenters. The minimum Gasteiger partial charge on any atom is -0.480 e. The molecule has 0 fully saturated rings. The number of carboxylic acids is 1. The molecule has 2 amide bonds. The monoisotopic (exact) mass is 332 g/mol. The number of carbonyl (C=O) groups is 2. The molecule has 0 saturated carbocycles. The van der Waals surface area contributed by atoms with Crippen LogP contribution in [0.3, 0.4) is 0 Å². The van der Waals surface area contributed by atoms with Crippen molar-refractivity contribution in [2.24, 2.45) is 0 Å². The third-order valence-corrected chi connectivity index (χ3v) is 3.18. The number of nitrogens with one attached hydrogen (secondary N) is 2. The first-order chi connectivity index (χ1) is 8.72. The van der Waals surface area contributed by atoms with Gasteiger partial charge in [-0.2, -0.15) is 0 Å². The van der Waals surface area contributed by atoms with Crippen molar-refractivity contribution in [1.29, 1.82) is 0 Å². The zero-order valence-corrected chi connectivity index (χ0v) is 12.0. The molecule has 0 saturated heterocycles. The smallest absolute Gasteiger partial charge is 0.328 e. The van der Waals surface area contributed by atoms with Crippen molar-refractivity contribution < 1.29 is 19.1 Å². The normalized spacial score (nSPS) is 10.9. The van der Waals surface area contributed by atoms with Crippen molar-refractivity contribution in [3.8, 4) is 0 Å². The van der Waals surface area contributed by atoms with Gasteiger partial charge in [0.2, 0.25) is 0 Å². The third kappa shape index (κ3) is 4.51. The quantitative estimate of drug-likeness (QED) is 0.791. The van der Waals surface area contributed by atoms with Crippen molar-refractivity contribution in [3.05, 3.63) is 34.1 Å². The number of aliphatic carboxylic acids is 1. The summed E-state index contributed by atoms with van der Waals surface area (Å²) in [7, 11) is 0. The number of carboxylic acid groups (broad SMARTS) is 1.